The van der Waals surface area contributed by atoms with Gasteiger partial charge in [0.15, 0.2) is 5.78 Å². The molecule has 9 heteroatoms. The van der Waals surface area contributed by atoms with Gasteiger partial charge in [-0.15, -0.1) is 11.3 Å². The van der Waals surface area contributed by atoms with Gasteiger partial charge in [0.25, 0.3) is 5.69 Å². The number of thioether (sulfide) groups is 1. The number of ketones is 1. The van der Waals surface area contributed by atoms with Gasteiger partial charge in [-0.2, -0.15) is 11.8 Å². The van der Waals surface area contributed by atoms with Crippen LogP contribution in [0.2, 0.25) is 0 Å². The number of thiophene rings is 1. The van der Waals surface area contributed by atoms with Gasteiger partial charge in [-0.1, -0.05) is 25.1 Å². The summed E-state index contributed by atoms with van der Waals surface area (Å²) < 4.78 is 5.56. The van der Waals surface area contributed by atoms with E-state index in [1.165, 1.54) is 12.1 Å². The second-order valence-electron chi connectivity index (χ2n) is 8.21. The van der Waals surface area contributed by atoms with Crippen LogP contribution < -0.4 is 5.32 Å². The molecule has 1 aliphatic heterocycles. The number of ether oxygens (including phenoxy) is 1. The second-order valence-corrected chi connectivity index (χ2v) is 10.6. The molecule has 1 N–H and O–H groups in total. The minimum atomic E-state index is -0.625. The van der Waals surface area contributed by atoms with Crippen molar-refractivity contribution in [3.63, 3.8) is 0 Å². The highest BCUT2D eigenvalue weighted by atomic mass is 32.2. The van der Waals surface area contributed by atoms with E-state index in [1.807, 2.05) is 31.4 Å². The molecule has 0 bridgehead atoms. The van der Waals surface area contributed by atoms with Crippen LogP contribution in [0.3, 0.4) is 0 Å². The molecule has 0 fully saturated rings. The van der Waals surface area contributed by atoms with Crippen molar-refractivity contribution in [2.75, 3.05) is 18.1 Å². The van der Waals surface area contributed by atoms with Gasteiger partial charge in [0.2, 0.25) is 0 Å². The highest BCUT2D eigenvalue weighted by molar-refractivity contribution is 7.99. The van der Waals surface area contributed by atoms with Crippen molar-refractivity contribution < 1.29 is 19.2 Å². The molecule has 2 heterocycles. The van der Waals surface area contributed by atoms with Crippen LogP contribution in [0.1, 0.15) is 49.0 Å². The first-order valence-corrected chi connectivity index (χ1v) is 13.2. The second kappa shape index (κ2) is 10.6. The Morgan fingerprint density at radius 1 is 1.26 bits per heavy atom. The van der Waals surface area contributed by atoms with Crippen molar-refractivity contribution in [2.24, 2.45) is 0 Å². The van der Waals surface area contributed by atoms with Gasteiger partial charge in [-0.25, -0.2) is 4.79 Å². The minimum Gasteiger partial charge on any atom is -0.461 e. The molecule has 4 rings (SSSR count). The number of allylic oxidation sites excluding steroid dienone is 3. The molecule has 0 saturated carbocycles. The monoisotopic (exact) mass is 498 g/mol. The molecule has 0 radical (unpaired) electrons. The van der Waals surface area contributed by atoms with Crippen molar-refractivity contribution >= 4 is 40.5 Å². The molecule has 34 heavy (non-hydrogen) atoms. The largest absolute Gasteiger partial charge is 0.461 e. The SMILES string of the molecule is CCSCCOC(=O)C1=C(C)NC2=C(C(=O)C[C@@H](c3cccs3)C2)[C@@H]1c1ccc([N+](=O)[O-])cc1. The van der Waals surface area contributed by atoms with Gasteiger partial charge < -0.3 is 10.1 Å². The first kappa shape index (κ1) is 24.2. The summed E-state index contributed by atoms with van der Waals surface area (Å²) in [5, 5.41) is 16.5. The molecule has 1 aromatic carbocycles. The third-order valence-corrected chi connectivity index (χ3v) is 7.99. The lowest BCUT2D eigenvalue weighted by Crippen LogP contribution is -2.36. The third-order valence-electron chi connectivity index (χ3n) is 6.10. The molecule has 178 valence electrons. The maximum absolute atomic E-state index is 13.5. The van der Waals surface area contributed by atoms with Crippen LogP contribution in [0.5, 0.6) is 0 Å². The van der Waals surface area contributed by atoms with Gasteiger partial charge in [-0.3, -0.25) is 14.9 Å². The fraction of sp³-hybridized carbons (Fsp3) is 0.360. The van der Waals surface area contributed by atoms with Crippen molar-refractivity contribution in [2.45, 2.75) is 38.5 Å². The lowest BCUT2D eigenvalue weighted by atomic mass is 9.72. The quantitative estimate of drug-likeness (QED) is 0.228. The van der Waals surface area contributed by atoms with E-state index in [-0.39, 0.29) is 24.0 Å². The number of benzene rings is 1. The Morgan fingerprint density at radius 3 is 2.68 bits per heavy atom. The van der Waals surface area contributed by atoms with Crippen LogP contribution in [0.15, 0.2) is 64.3 Å². The molecule has 0 unspecified atom stereocenters. The van der Waals surface area contributed by atoms with E-state index in [1.54, 1.807) is 35.2 Å². The Morgan fingerprint density at radius 2 is 2.03 bits per heavy atom. The van der Waals surface area contributed by atoms with Gasteiger partial charge in [0.05, 0.1) is 10.5 Å². The number of rotatable bonds is 8. The molecule has 1 aromatic heterocycles. The smallest absolute Gasteiger partial charge is 0.336 e. The molecule has 1 aliphatic carbocycles. The van der Waals surface area contributed by atoms with Crippen LogP contribution >= 0.6 is 23.1 Å². The number of dihydropyridines is 1. The van der Waals surface area contributed by atoms with E-state index in [4.69, 9.17) is 4.74 Å². The predicted octanol–water partition coefficient (Wildman–Crippen LogP) is 5.31. The summed E-state index contributed by atoms with van der Waals surface area (Å²) in [4.78, 5) is 38.5. The number of Topliss-reactive ketones (excluding diaryl/α,β-unsaturated/α-hetero) is 1. The van der Waals surface area contributed by atoms with Crippen LogP contribution in [-0.2, 0) is 14.3 Å². The Bertz CT molecular complexity index is 1150. The van der Waals surface area contributed by atoms with Crippen LogP contribution in [0.4, 0.5) is 5.69 Å². The molecular formula is C25H26N2O5S2. The Balaban J connectivity index is 1.72. The summed E-state index contributed by atoms with van der Waals surface area (Å²) in [5.74, 6) is 0.602. The average Bonchev–Trinajstić information content (AvgIpc) is 3.36. The number of carbonyl (C=O) groups excluding carboxylic acids is 2. The molecule has 2 atom stereocenters. The third kappa shape index (κ3) is 4.95. The van der Waals surface area contributed by atoms with E-state index < -0.39 is 16.8 Å². The molecular weight excluding hydrogens is 472 g/mol. The Kier molecular flexibility index (Phi) is 7.53. The van der Waals surface area contributed by atoms with Crippen LogP contribution in [0.25, 0.3) is 0 Å². The number of nitrogens with zero attached hydrogens (tertiary/aromatic N) is 1. The molecule has 0 amide bonds. The van der Waals surface area contributed by atoms with Gasteiger partial charge >= 0.3 is 5.97 Å². The number of esters is 1. The van der Waals surface area contributed by atoms with Crippen LogP contribution in [0, 0.1) is 10.1 Å². The van der Waals surface area contributed by atoms with Crippen molar-refractivity contribution in [3.05, 3.63) is 84.9 Å². The van der Waals surface area contributed by atoms with E-state index in [9.17, 15) is 19.7 Å². The van der Waals surface area contributed by atoms with Gasteiger partial charge in [0.1, 0.15) is 6.61 Å². The fourth-order valence-electron chi connectivity index (χ4n) is 4.57. The van der Waals surface area contributed by atoms with Gasteiger partial charge in [0, 0.05) is 58.0 Å². The summed E-state index contributed by atoms with van der Waals surface area (Å²) in [5.41, 5.74) is 3.03. The lowest BCUT2D eigenvalue weighted by Gasteiger charge is -2.36. The maximum Gasteiger partial charge on any atom is 0.336 e. The lowest BCUT2D eigenvalue weighted by molar-refractivity contribution is -0.384. The standard InChI is InChI=1S/C25H26N2O5S2/c1-3-33-12-10-32-25(29)22-15(2)26-19-13-17(21-5-4-11-34-21)14-20(28)24(19)23(22)16-6-8-18(9-7-16)27(30)31/h4-9,11,17,23,26H,3,10,12-14H2,1-2H3/t17-,23+/m0/s1. The van der Waals surface area contributed by atoms with E-state index >= 15 is 0 Å². The van der Waals surface area contributed by atoms with E-state index in [0.29, 0.717) is 41.0 Å². The van der Waals surface area contributed by atoms with Crippen molar-refractivity contribution in [1.82, 2.24) is 5.32 Å². The minimum absolute atomic E-state index is 0.0187. The molecule has 2 aliphatic rings. The molecule has 2 aromatic rings. The highest BCUT2D eigenvalue weighted by Crippen LogP contribution is 2.46. The molecule has 0 spiro atoms. The van der Waals surface area contributed by atoms with Crippen molar-refractivity contribution in [1.29, 1.82) is 0 Å². The topological polar surface area (TPSA) is 98.5 Å². The first-order valence-electron chi connectivity index (χ1n) is 11.2. The number of hydrogen-bond donors (Lipinski definition) is 1. The normalized spacial score (nSPS) is 20.1. The summed E-state index contributed by atoms with van der Waals surface area (Å²) in [6.07, 6.45) is 1.02. The maximum atomic E-state index is 13.5. The zero-order valence-electron chi connectivity index (χ0n) is 19.0. The summed E-state index contributed by atoms with van der Waals surface area (Å²) >= 11 is 3.32. The number of carbonyl (C=O) groups is 2. The predicted molar refractivity (Wildman–Crippen MR) is 134 cm³/mol. The number of nitrogens with one attached hydrogen (secondary N) is 1. The summed E-state index contributed by atoms with van der Waals surface area (Å²) in [6.45, 7) is 4.14. The Labute approximate surface area is 206 Å². The zero-order valence-corrected chi connectivity index (χ0v) is 20.7. The van der Waals surface area contributed by atoms with Crippen LogP contribution in [-0.4, -0.2) is 34.8 Å². The summed E-state index contributed by atoms with van der Waals surface area (Å²) in [6, 6.07) is 10.1. The summed E-state index contributed by atoms with van der Waals surface area (Å²) in [7, 11) is 0. The van der Waals surface area contributed by atoms with Gasteiger partial charge in [-0.05, 0) is 36.1 Å². The number of hydrogen-bond acceptors (Lipinski definition) is 8. The molecule has 7 nitrogen and oxygen atoms in total. The average molecular weight is 499 g/mol. The number of nitro groups is 1. The number of non-ortho nitro benzene ring substituents is 1. The highest BCUT2D eigenvalue weighted by Gasteiger charge is 2.41. The van der Waals surface area contributed by atoms with E-state index in [0.717, 1.165) is 16.3 Å². The zero-order chi connectivity index (χ0) is 24.2. The number of nitro benzene ring substituents is 1. The first-order chi connectivity index (χ1) is 16.4. The Hall–Kier alpha value is -2.91. The fourth-order valence-corrected chi connectivity index (χ4v) is 5.89. The van der Waals surface area contributed by atoms with Crippen molar-refractivity contribution in [3.8, 4) is 0 Å². The van der Waals surface area contributed by atoms with E-state index in [2.05, 4.69) is 5.32 Å². The molecule has 0 saturated heterocycles.